The second-order valence-electron chi connectivity index (χ2n) is 7.18. The number of rotatable bonds is 6. The van der Waals surface area contributed by atoms with Gasteiger partial charge in [0, 0.05) is 11.5 Å². The highest BCUT2D eigenvalue weighted by atomic mass is 16.3. The molecule has 0 saturated heterocycles. The summed E-state index contributed by atoms with van der Waals surface area (Å²) in [7, 11) is 0. The third kappa shape index (κ3) is 4.15. The van der Waals surface area contributed by atoms with Crippen LogP contribution in [-0.2, 0) is 6.61 Å². The van der Waals surface area contributed by atoms with Gasteiger partial charge >= 0.3 is 0 Å². The topological polar surface area (TPSA) is 60.7 Å². The van der Waals surface area contributed by atoms with E-state index in [9.17, 15) is 15.3 Å². The summed E-state index contributed by atoms with van der Waals surface area (Å²) in [6.45, 7) is 6.52. The Morgan fingerprint density at radius 3 is 2.61 bits per heavy atom. The van der Waals surface area contributed by atoms with Gasteiger partial charge in [-0.3, -0.25) is 0 Å². The molecule has 0 unspecified atom stereocenters. The zero-order chi connectivity index (χ0) is 17.0. The first kappa shape index (κ1) is 18.0. The lowest BCUT2D eigenvalue weighted by molar-refractivity contribution is 0.236. The predicted octanol–water partition coefficient (Wildman–Crippen LogP) is 4.22. The Labute approximate surface area is 139 Å². The Morgan fingerprint density at radius 1 is 1.26 bits per heavy atom. The SMILES string of the molecule is CC(C)=CCC[C@H](C)[C@@H]1CC[C@@H](CO)c2c(O)cc(CO)cc21. The molecular formula is C20H30O3. The number of aromatic hydroxyl groups is 1. The largest absolute Gasteiger partial charge is 0.508 e. The van der Waals surface area contributed by atoms with Crippen LogP contribution in [0.3, 0.4) is 0 Å². The van der Waals surface area contributed by atoms with E-state index in [2.05, 4.69) is 26.8 Å². The first-order chi connectivity index (χ1) is 11.0. The van der Waals surface area contributed by atoms with Gasteiger partial charge in [0.15, 0.2) is 0 Å². The molecule has 3 atom stereocenters. The first-order valence-corrected chi connectivity index (χ1v) is 8.68. The van der Waals surface area contributed by atoms with Crippen molar-refractivity contribution in [2.24, 2.45) is 5.92 Å². The van der Waals surface area contributed by atoms with Crippen molar-refractivity contribution in [2.75, 3.05) is 6.61 Å². The number of hydrogen-bond donors (Lipinski definition) is 3. The molecule has 0 amide bonds. The minimum absolute atomic E-state index is 0.0129. The van der Waals surface area contributed by atoms with E-state index in [0.717, 1.165) is 42.4 Å². The lowest BCUT2D eigenvalue weighted by Gasteiger charge is -2.35. The van der Waals surface area contributed by atoms with Gasteiger partial charge in [-0.25, -0.2) is 0 Å². The summed E-state index contributed by atoms with van der Waals surface area (Å²) in [4.78, 5) is 0. The molecule has 1 aromatic carbocycles. The predicted molar refractivity (Wildman–Crippen MR) is 93.7 cm³/mol. The summed E-state index contributed by atoms with van der Waals surface area (Å²) in [5, 5.41) is 29.5. The van der Waals surface area contributed by atoms with Crippen molar-refractivity contribution in [1.29, 1.82) is 0 Å². The molecule has 0 radical (unpaired) electrons. The maximum atomic E-state index is 10.4. The van der Waals surface area contributed by atoms with Crippen LogP contribution >= 0.6 is 0 Å². The van der Waals surface area contributed by atoms with Crippen molar-refractivity contribution in [1.82, 2.24) is 0 Å². The Kier molecular flexibility index (Phi) is 6.25. The molecule has 0 aromatic heterocycles. The van der Waals surface area contributed by atoms with Crippen molar-refractivity contribution < 1.29 is 15.3 Å². The molecule has 2 rings (SSSR count). The third-order valence-corrected chi connectivity index (χ3v) is 5.15. The molecule has 1 aromatic rings. The van der Waals surface area contributed by atoms with Crippen molar-refractivity contribution >= 4 is 0 Å². The molecule has 23 heavy (non-hydrogen) atoms. The van der Waals surface area contributed by atoms with Gasteiger partial charge in [-0.15, -0.1) is 0 Å². The van der Waals surface area contributed by atoms with Crippen LogP contribution in [0.15, 0.2) is 23.8 Å². The first-order valence-electron chi connectivity index (χ1n) is 8.68. The Bertz CT molecular complexity index is 558. The Morgan fingerprint density at radius 2 is 2.00 bits per heavy atom. The second-order valence-corrected chi connectivity index (χ2v) is 7.18. The van der Waals surface area contributed by atoms with Crippen molar-refractivity contribution in [3.05, 3.63) is 40.5 Å². The number of hydrogen-bond acceptors (Lipinski definition) is 3. The molecule has 0 saturated carbocycles. The van der Waals surface area contributed by atoms with Gasteiger partial charge in [-0.05, 0) is 68.6 Å². The highest BCUT2D eigenvalue weighted by molar-refractivity contribution is 5.48. The summed E-state index contributed by atoms with van der Waals surface area (Å²) in [6.07, 6.45) is 6.40. The highest BCUT2D eigenvalue weighted by Crippen LogP contribution is 2.47. The highest BCUT2D eigenvalue weighted by Gasteiger charge is 2.32. The second kappa shape index (κ2) is 7.98. The fourth-order valence-corrected chi connectivity index (χ4v) is 3.85. The number of phenolic OH excluding ortho intramolecular Hbond substituents is 1. The maximum Gasteiger partial charge on any atom is 0.119 e. The fraction of sp³-hybridized carbons (Fsp3) is 0.600. The van der Waals surface area contributed by atoms with Crippen LogP contribution in [0.2, 0.25) is 0 Å². The smallest absolute Gasteiger partial charge is 0.119 e. The minimum atomic E-state index is -0.0660. The lowest BCUT2D eigenvalue weighted by atomic mass is 9.70. The van der Waals surface area contributed by atoms with Gasteiger partial charge in [-0.1, -0.05) is 24.6 Å². The van der Waals surface area contributed by atoms with E-state index in [-0.39, 0.29) is 24.9 Å². The van der Waals surface area contributed by atoms with E-state index in [4.69, 9.17) is 0 Å². The van der Waals surface area contributed by atoms with Gasteiger partial charge in [-0.2, -0.15) is 0 Å². The van der Waals surface area contributed by atoms with E-state index in [1.165, 1.54) is 5.57 Å². The fourth-order valence-electron chi connectivity index (χ4n) is 3.85. The van der Waals surface area contributed by atoms with Crippen LogP contribution in [0.5, 0.6) is 5.75 Å². The Hall–Kier alpha value is -1.32. The summed E-state index contributed by atoms with van der Waals surface area (Å²) in [5.41, 5.74) is 4.13. The third-order valence-electron chi connectivity index (χ3n) is 5.15. The molecule has 3 N–H and O–H groups in total. The monoisotopic (exact) mass is 318 g/mol. The van der Waals surface area contributed by atoms with Crippen LogP contribution < -0.4 is 0 Å². The van der Waals surface area contributed by atoms with Gasteiger partial charge < -0.3 is 15.3 Å². The van der Waals surface area contributed by atoms with E-state index < -0.39 is 0 Å². The number of allylic oxidation sites excluding steroid dienone is 2. The zero-order valence-corrected chi connectivity index (χ0v) is 14.5. The molecule has 1 aliphatic rings. The van der Waals surface area contributed by atoms with Gasteiger partial charge in [0.05, 0.1) is 13.2 Å². The van der Waals surface area contributed by atoms with Crippen LogP contribution in [0.25, 0.3) is 0 Å². The molecule has 3 nitrogen and oxygen atoms in total. The summed E-state index contributed by atoms with van der Waals surface area (Å²) >= 11 is 0. The van der Waals surface area contributed by atoms with E-state index in [1.54, 1.807) is 6.07 Å². The average molecular weight is 318 g/mol. The van der Waals surface area contributed by atoms with E-state index in [1.807, 2.05) is 6.07 Å². The number of benzene rings is 1. The number of aliphatic hydroxyl groups is 2. The molecular weight excluding hydrogens is 288 g/mol. The van der Waals surface area contributed by atoms with Gasteiger partial charge in [0.2, 0.25) is 0 Å². The van der Waals surface area contributed by atoms with Crippen molar-refractivity contribution in [3.63, 3.8) is 0 Å². The molecule has 0 fully saturated rings. The van der Waals surface area contributed by atoms with Gasteiger partial charge in [0.25, 0.3) is 0 Å². The van der Waals surface area contributed by atoms with Gasteiger partial charge in [0.1, 0.15) is 5.75 Å². The quantitative estimate of drug-likeness (QED) is 0.688. The lowest BCUT2D eigenvalue weighted by Crippen LogP contribution is -2.22. The normalized spacial score (nSPS) is 21.6. The van der Waals surface area contributed by atoms with Crippen LogP contribution in [0.4, 0.5) is 0 Å². The average Bonchev–Trinajstić information content (AvgIpc) is 2.52. The molecule has 0 spiro atoms. The van der Waals surface area contributed by atoms with Crippen molar-refractivity contribution in [2.45, 2.75) is 64.9 Å². The summed E-state index contributed by atoms with van der Waals surface area (Å²) in [5.74, 6) is 1.14. The molecule has 1 aliphatic carbocycles. The summed E-state index contributed by atoms with van der Waals surface area (Å²) < 4.78 is 0. The molecule has 128 valence electrons. The van der Waals surface area contributed by atoms with E-state index in [0.29, 0.717) is 11.8 Å². The van der Waals surface area contributed by atoms with Crippen LogP contribution in [-0.4, -0.2) is 21.9 Å². The zero-order valence-electron chi connectivity index (χ0n) is 14.5. The Balaban J connectivity index is 2.30. The molecule has 0 heterocycles. The number of fused-ring (bicyclic) bond motifs is 1. The molecule has 0 aliphatic heterocycles. The van der Waals surface area contributed by atoms with Crippen molar-refractivity contribution in [3.8, 4) is 5.75 Å². The van der Waals surface area contributed by atoms with Crippen LogP contribution in [0.1, 0.15) is 75.0 Å². The summed E-state index contributed by atoms with van der Waals surface area (Å²) in [6, 6.07) is 3.66. The maximum absolute atomic E-state index is 10.4. The minimum Gasteiger partial charge on any atom is -0.508 e. The molecule has 0 bridgehead atoms. The molecule has 3 heteroatoms. The standard InChI is InChI=1S/C20H30O3/c1-13(2)5-4-6-14(3)17-8-7-16(12-22)20-18(17)9-15(11-21)10-19(20)23/h5,9-10,14,16-17,21-23H,4,6-8,11-12H2,1-3H3/t14-,16-,17-/m0/s1. The number of aliphatic hydroxyl groups excluding tert-OH is 2. The number of phenols is 1. The van der Waals surface area contributed by atoms with E-state index >= 15 is 0 Å². The van der Waals surface area contributed by atoms with Crippen LogP contribution in [0, 0.1) is 5.92 Å².